The Balaban J connectivity index is 0.000000411. The summed E-state index contributed by atoms with van der Waals surface area (Å²) in [5, 5.41) is 8.76. The molecule has 0 unspecified atom stereocenters. The van der Waals surface area contributed by atoms with Gasteiger partial charge in [-0.15, -0.1) is 11.6 Å². The monoisotopic (exact) mass is 314 g/mol. The molecule has 1 saturated carbocycles. The molecule has 1 aliphatic carbocycles. The van der Waals surface area contributed by atoms with E-state index in [9.17, 15) is 4.79 Å². The Labute approximate surface area is 124 Å². The molecule has 0 radical (unpaired) electrons. The fraction of sp³-hybridized carbons (Fsp3) is 0.769. The summed E-state index contributed by atoms with van der Waals surface area (Å²) in [7, 11) is 0. The number of hydrogen-bond donors (Lipinski definition) is 1. The maximum absolute atomic E-state index is 10.7. The molecule has 1 N–H and O–H groups in total. The van der Waals surface area contributed by atoms with Crippen LogP contribution in [-0.4, -0.2) is 17.0 Å². The first-order valence-electron chi connectivity index (χ1n) is 6.10. The molecule has 0 aromatic carbocycles. The minimum absolute atomic E-state index is 0.0278. The topological polar surface area (TPSA) is 37.3 Å². The molecule has 0 bridgehead atoms. The van der Waals surface area contributed by atoms with Crippen molar-refractivity contribution in [2.24, 2.45) is 17.3 Å². The van der Waals surface area contributed by atoms with Crippen molar-refractivity contribution in [3.63, 3.8) is 0 Å². The number of aliphatic carboxylic acids is 1. The molecular weight excluding hydrogens is 294 g/mol. The molecule has 2 atom stereocenters. The fourth-order valence-corrected chi connectivity index (χ4v) is 2.40. The second kappa shape index (κ2) is 8.29. The van der Waals surface area contributed by atoms with Crippen molar-refractivity contribution in [3.05, 3.63) is 10.6 Å². The van der Waals surface area contributed by atoms with Crippen molar-refractivity contribution in [3.8, 4) is 0 Å². The summed E-state index contributed by atoms with van der Waals surface area (Å²) in [5.41, 5.74) is -0.207. The molecule has 0 aliphatic heterocycles. The Morgan fingerprint density at radius 1 is 1.33 bits per heavy atom. The van der Waals surface area contributed by atoms with E-state index in [2.05, 4.69) is 6.92 Å². The molecular formula is C13H21Cl3O2. The quantitative estimate of drug-likeness (QED) is 0.567. The Morgan fingerprint density at radius 2 is 1.89 bits per heavy atom. The lowest BCUT2D eigenvalue weighted by Gasteiger charge is -1.96. The Bertz CT molecular complexity index is 293. The molecule has 1 aliphatic rings. The number of halogens is 3. The third-order valence-corrected chi connectivity index (χ3v) is 3.74. The lowest BCUT2D eigenvalue weighted by molar-refractivity contribution is -0.139. The minimum atomic E-state index is -0.782. The van der Waals surface area contributed by atoms with E-state index in [1.807, 2.05) is 13.8 Å². The van der Waals surface area contributed by atoms with Crippen molar-refractivity contribution in [2.75, 3.05) is 5.88 Å². The maximum Gasteiger partial charge on any atom is 0.307 e. The predicted molar refractivity (Wildman–Crippen MR) is 78.4 cm³/mol. The molecule has 0 spiro atoms. The van der Waals surface area contributed by atoms with Gasteiger partial charge < -0.3 is 5.11 Å². The average molecular weight is 316 g/mol. The van der Waals surface area contributed by atoms with Gasteiger partial charge >= 0.3 is 5.97 Å². The third-order valence-electron chi connectivity index (χ3n) is 3.22. The third kappa shape index (κ3) is 5.81. The number of carboxylic acid groups (broad SMARTS) is 1. The van der Waals surface area contributed by atoms with Crippen molar-refractivity contribution < 1.29 is 9.90 Å². The van der Waals surface area contributed by atoms with E-state index in [1.165, 1.54) is 19.3 Å². The van der Waals surface area contributed by atoms with E-state index in [4.69, 9.17) is 39.9 Å². The Morgan fingerprint density at radius 3 is 2.11 bits per heavy atom. The van der Waals surface area contributed by atoms with Crippen LogP contribution >= 0.6 is 34.8 Å². The van der Waals surface area contributed by atoms with Crippen LogP contribution in [0, 0.1) is 17.3 Å². The van der Waals surface area contributed by atoms with Crippen LogP contribution in [0.4, 0.5) is 0 Å². The van der Waals surface area contributed by atoms with Crippen LogP contribution in [0.5, 0.6) is 0 Å². The molecule has 0 amide bonds. The highest BCUT2D eigenvalue weighted by Crippen LogP contribution is 2.59. The van der Waals surface area contributed by atoms with E-state index in [1.54, 1.807) is 6.08 Å². The van der Waals surface area contributed by atoms with Crippen molar-refractivity contribution in [2.45, 2.75) is 40.0 Å². The van der Waals surface area contributed by atoms with Gasteiger partial charge in [0, 0.05) is 5.88 Å². The van der Waals surface area contributed by atoms with Gasteiger partial charge in [-0.2, -0.15) is 0 Å². The lowest BCUT2D eigenvalue weighted by Crippen LogP contribution is -2.02. The molecule has 0 saturated heterocycles. The fourth-order valence-electron chi connectivity index (χ4n) is 1.94. The van der Waals surface area contributed by atoms with Crippen LogP contribution in [-0.2, 0) is 4.79 Å². The molecule has 106 valence electrons. The average Bonchev–Trinajstić information content (AvgIpc) is 2.77. The van der Waals surface area contributed by atoms with Crippen molar-refractivity contribution in [1.29, 1.82) is 0 Å². The number of rotatable bonds is 5. The highest BCUT2D eigenvalue weighted by molar-refractivity contribution is 6.55. The van der Waals surface area contributed by atoms with Crippen LogP contribution in [0.25, 0.3) is 0 Å². The largest absolute Gasteiger partial charge is 0.481 e. The molecule has 0 aromatic heterocycles. The smallest absolute Gasteiger partial charge is 0.307 e. The predicted octanol–water partition coefficient (Wildman–Crippen LogP) is 5.08. The second-order valence-electron chi connectivity index (χ2n) is 5.02. The summed E-state index contributed by atoms with van der Waals surface area (Å²) in [6.45, 7) is 5.96. The van der Waals surface area contributed by atoms with Crippen LogP contribution in [0.15, 0.2) is 10.6 Å². The standard InChI is InChI=1S/C8H10Cl2O2.C5H11Cl/c1-8(2)4(3-5(9)10)6(8)7(11)12;1-2-3-4-5-6/h3-4,6H,1-2H3,(H,11,12);2-5H2,1H3/t4-,6+;/m0./s1. The van der Waals surface area contributed by atoms with Gasteiger partial charge in [0.05, 0.1) is 5.92 Å². The highest BCUT2D eigenvalue weighted by Gasteiger charge is 2.60. The van der Waals surface area contributed by atoms with Crippen molar-refractivity contribution in [1.82, 2.24) is 0 Å². The Kier molecular flexibility index (Phi) is 8.33. The van der Waals surface area contributed by atoms with Gasteiger partial charge in [-0.05, 0) is 23.8 Å². The highest BCUT2D eigenvalue weighted by atomic mass is 35.5. The number of carbonyl (C=O) groups is 1. The number of hydrogen-bond acceptors (Lipinski definition) is 1. The van der Waals surface area contributed by atoms with Crippen LogP contribution in [0.1, 0.15) is 40.0 Å². The van der Waals surface area contributed by atoms with E-state index in [0.717, 1.165) is 5.88 Å². The number of alkyl halides is 1. The summed E-state index contributed by atoms with van der Waals surface area (Å²) >= 11 is 16.3. The molecule has 0 heterocycles. The first kappa shape index (κ1) is 18.1. The van der Waals surface area contributed by atoms with E-state index < -0.39 is 5.97 Å². The van der Waals surface area contributed by atoms with Crippen molar-refractivity contribution >= 4 is 40.8 Å². The van der Waals surface area contributed by atoms with Gasteiger partial charge in [-0.3, -0.25) is 4.79 Å². The maximum atomic E-state index is 10.7. The number of carboxylic acids is 1. The molecule has 5 heteroatoms. The van der Waals surface area contributed by atoms with Gasteiger partial charge in [0.1, 0.15) is 4.49 Å². The Hall–Kier alpha value is 0.0800. The number of allylic oxidation sites excluding steroid dienone is 1. The molecule has 1 fully saturated rings. The van der Waals surface area contributed by atoms with Gasteiger partial charge in [0.2, 0.25) is 0 Å². The normalized spacial score (nSPS) is 23.7. The van der Waals surface area contributed by atoms with Crippen LogP contribution in [0.2, 0.25) is 0 Å². The summed E-state index contributed by atoms with van der Waals surface area (Å²) < 4.78 is 0.150. The SMILES string of the molecule is CC1(C)[C@@H](C=C(Cl)Cl)[C@@H]1C(=O)O.CCCCCCl. The van der Waals surface area contributed by atoms with Crippen LogP contribution < -0.4 is 0 Å². The first-order chi connectivity index (χ1) is 8.28. The molecule has 18 heavy (non-hydrogen) atoms. The second-order valence-corrected chi connectivity index (χ2v) is 6.40. The molecule has 1 rings (SSSR count). The first-order valence-corrected chi connectivity index (χ1v) is 7.39. The summed E-state index contributed by atoms with van der Waals surface area (Å²) in [4.78, 5) is 10.7. The summed E-state index contributed by atoms with van der Waals surface area (Å²) in [6, 6.07) is 0. The van der Waals surface area contributed by atoms with E-state index >= 15 is 0 Å². The van der Waals surface area contributed by atoms with E-state index in [0.29, 0.717) is 0 Å². The van der Waals surface area contributed by atoms with E-state index in [-0.39, 0.29) is 21.7 Å². The zero-order valence-corrected chi connectivity index (χ0v) is 13.3. The summed E-state index contributed by atoms with van der Waals surface area (Å²) in [5.74, 6) is -0.325. The van der Waals surface area contributed by atoms with Gasteiger partial charge in [0.25, 0.3) is 0 Å². The molecule has 2 nitrogen and oxygen atoms in total. The lowest BCUT2D eigenvalue weighted by atomic mass is 10.1. The van der Waals surface area contributed by atoms with Gasteiger partial charge in [-0.1, -0.05) is 56.8 Å². The van der Waals surface area contributed by atoms with Gasteiger partial charge in [-0.25, -0.2) is 0 Å². The van der Waals surface area contributed by atoms with Gasteiger partial charge in [0.15, 0.2) is 0 Å². The zero-order chi connectivity index (χ0) is 14.3. The minimum Gasteiger partial charge on any atom is -0.481 e. The zero-order valence-electron chi connectivity index (χ0n) is 11.0. The summed E-state index contributed by atoms with van der Waals surface area (Å²) in [6.07, 6.45) is 5.33. The number of unbranched alkanes of at least 4 members (excludes halogenated alkanes) is 2. The molecule has 0 aromatic rings. The van der Waals surface area contributed by atoms with Crippen LogP contribution in [0.3, 0.4) is 0 Å².